The lowest BCUT2D eigenvalue weighted by Gasteiger charge is -2.10. The highest BCUT2D eigenvalue weighted by Gasteiger charge is 2.09. The number of nitrogens with zero attached hydrogens (tertiary/aromatic N) is 2. The Morgan fingerprint density at radius 1 is 1.08 bits per heavy atom. The molecule has 0 fully saturated rings. The Bertz CT molecular complexity index is 927. The van der Waals surface area contributed by atoms with Crippen LogP contribution in [0.4, 0.5) is 5.69 Å². The summed E-state index contributed by atoms with van der Waals surface area (Å²) < 4.78 is 5.54. The van der Waals surface area contributed by atoms with Crippen molar-refractivity contribution in [1.82, 2.24) is 9.97 Å². The molecule has 0 atom stereocenters. The predicted octanol–water partition coefficient (Wildman–Crippen LogP) is 4.43. The molecule has 2 aromatic carbocycles. The van der Waals surface area contributed by atoms with Gasteiger partial charge in [0.05, 0.1) is 10.7 Å². The second-order valence-corrected chi connectivity index (χ2v) is 6.26. The van der Waals surface area contributed by atoms with Gasteiger partial charge < -0.3 is 10.1 Å². The van der Waals surface area contributed by atoms with Crippen LogP contribution in [0.3, 0.4) is 0 Å². The second kappa shape index (κ2) is 7.97. The first-order valence-electron chi connectivity index (χ1n) is 8.11. The van der Waals surface area contributed by atoms with E-state index < -0.39 is 0 Å². The van der Waals surface area contributed by atoms with Crippen LogP contribution in [-0.4, -0.2) is 22.5 Å². The third-order valence-corrected chi connectivity index (χ3v) is 3.97. The van der Waals surface area contributed by atoms with Crippen LogP contribution >= 0.6 is 11.6 Å². The number of hydrogen-bond donors (Lipinski definition) is 1. The molecule has 0 bridgehead atoms. The van der Waals surface area contributed by atoms with Gasteiger partial charge in [-0.1, -0.05) is 53.6 Å². The molecule has 3 rings (SSSR count). The highest BCUT2D eigenvalue weighted by Crippen LogP contribution is 2.21. The highest BCUT2D eigenvalue weighted by atomic mass is 35.5. The number of amides is 1. The van der Waals surface area contributed by atoms with Crippen LogP contribution in [0.5, 0.6) is 5.88 Å². The molecule has 132 valence electrons. The molecule has 0 aliphatic rings. The van der Waals surface area contributed by atoms with Crippen molar-refractivity contribution in [2.75, 3.05) is 11.9 Å². The number of carbonyl (C=O) groups is 1. The van der Waals surface area contributed by atoms with Crippen LogP contribution in [0.2, 0.25) is 5.02 Å². The van der Waals surface area contributed by atoms with E-state index in [4.69, 9.17) is 16.3 Å². The minimum Gasteiger partial charge on any atom is -0.467 e. The average molecular weight is 368 g/mol. The van der Waals surface area contributed by atoms with Crippen molar-refractivity contribution in [3.05, 3.63) is 70.9 Å². The first-order chi connectivity index (χ1) is 12.5. The predicted molar refractivity (Wildman–Crippen MR) is 103 cm³/mol. The smallest absolute Gasteiger partial charge is 0.262 e. The summed E-state index contributed by atoms with van der Waals surface area (Å²) in [5.74, 6) is 0.597. The third kappa shape index (κ3) is 4.58. The average Bonchev–Trinajstić information content (AvgIpc) is 2.62. The van der Waals surface area contributed by atoms with Gasteiger partial charge in [0.15, 0.2) is 12.4 Å². The number of nitrogens with one attached hydrogen (secondary N) is 1. The van der Waals surface area contributed by atoms with Crippen LogP contribution in [0.1, 0.15) is 11.3 Å². The monoisotopic (exact) mass is 367 g/mol. The lowest BCUT2D eigenvalue weighted by molar-refractivity contribution is -0.118. The summed E-state index contributed by atoms with van der Waals surface area (Å²) in [6.45, 7) is 3.71. The van der Waals surface area contributed by atoms with E-state index in [1.165, 1.54) is 0 Å². The van der Waals surface area contributed by atoms with Crippen LogP contribution in [0.25, 0.3) is 11.4 Å². The van der Waals surface area contributed by atoms with E-state index in [9.17, 15) is 4.79 Å². The normalized spacial score (nSPS) is 10.4. The van der Waals surface area contributed by atoms with Gasteiger partial charge in [-0.05, 0) is 26.0 Å². The zero-order chi connectivity index (χ0) is 18.5. The fraction of sp³-hybridized carbons (Fsp3) is 0.150. The number of halogens is 1. The van der Waals surface area contributed by atoms with Crippen molar-refractivity contribution in [1.29, 1.82) is 0 Å². The number of aromatic nitrogens is 2. The Morgan fingerprint density at radius 3 is 2.54 bits per heavy atom. The van der Waals surface area contributed by atoms with Gasteiger partial charge in [0.1, 0.15) is 0 Å². The molecule has 0 spiro atoms. The summed E-state index contributed by atoms with van der Waals surface area (Å²) in [6.07, 6.45) is 0. The number of benzene rings is 2. The van der Waals surface area contributed by atoms with Crippen LogP contribution < -0.4 is 10.1 Å². The quantitative estimate of drug-likeness (QED) is 0.724. The molecule has 1 heterocycles. The minimum atomic E-state index is -0.314. The van der Waals surface area contributed by atoms with Crippen LogP contribution in [-0.2, 0) is 4.79 Å². The number of carbonyl (C=O) groups excluding carboxylic acids is 1. The zero-order valence-corrected chi connectivity index (χ0v) is 15.2. The first-order valence-corrected chi connectivity index (χ1v) is 8.49. The maximum absolute atomic E-state index is 12.1. The Hall–Kier alpha value is -2.92. The zero-order valence-electron chi connectivity index (χ0n) is 14.5. The lowest BCUT2D eigenvalue weighted by Crippen LogP contribution is -2.20. The fourth-order valence-electron chi connectivity index (χ4n) is 2.33. The molecule has 26 heavy (non-hydrogen) atoms. The molecule has 5 nitrogen and oxygen atoms in total. The largest absolute Gasteiger partial charge is 0.467 e. The summed E-state index contributed by atoms with van der Waals surface area (Å²) in [5.41, 5.74) is 3.36. The number of rotatable bonds is 5. The summed E-state index contributed by atoms with van der Waals surface area (Å²) in [6, 6.07) is 16.6. The van der Waals surface area contributed by atoms with Crippen LogP contribution in [0, 0.1) is 13.8 Å². The third-order valence-electron chi connectivity index (χ3n) is 3.64. The second-order valence-electron chi connectivity index (χ2n) is 5.85. The van der Waals surface area contributed by atoms with Crippen molar-refractivity contribution >= 4 is 23.2 Å². The number of anilines is 1. The van der Waals surface area contributed by atoms with E-state index >= 15 is 0 Å². The maximum Gasteiger partial charge on any atom is 0.262 e. The van der Waals surface area contributed by atoms with E-state index in [2.05, 4.69) is 15.3 Å². The number of para-hydroxylation sites is 1. The molecule has 0 saturated heterocycles. The first kappa shape index (κ1) is 17.9. The van der Waals surface area contributed by atoms with Gasteiger partial charge in [0.2, 0.25) is 5.88 Å². The van der Waals surface area contributed by atoms with Gasteiger partial charge in [-0.15, -0.1) is 0 Å². The minimum absolute atomic E-state index is 0.172. The SMILES string of the molecule is Cc1ccc(-c2nc(C)cc(OCC(=O)Nc3ccccc3Cl)n2)cc1. The fourth-order valence-corrected chi connectivity index (χ4v) is 2.52. The molecule has 0 aliphatic carbocycles. The molecule has 0 saturated carbocycles. The molecule has 1 aromatic heterocycles. The Kier molecular flexibility index (Phi) is 5.49. The lowest BCUT2D eigenvalue weighted by atomic mass is 10.1. The summed E-state index contributed by atoms with van der Waals surface area (Å²) in [4.78, 5) is 20.9. The molecule has 3 aromatic rings. The number of hydrogen-bond acceptors (Lipinski definition) is 4. The van der Waals surface area contributed by atoms with E-state index in [1.807, 2.05) is 38.1 Å². The van der Waals surface area contributed by atoms with Crippen molar-refractivity contribution < 1.29 is 9.53 Å². The standard InChI is InChI=1S/C20H18ClN3O2/c1-13-7-9-15(10-8-13)20-22-14(2)11-19(24-20)26-12-18(25)23-17-6-4-3-5-16(17)21/h3-11H,12H2,1-2H3,(H,23,25). The van der Waals surface area contributed by atoms with E-state index in [-0.39, 0.29) is 12.5 Å². The van der Waals surface area contributed by atoms with Gasteiger partial charge >= 0.3 is 0 Å². The van der Waals surface area contributed by atoms with E-state index in [0.29, 0.717) is 22.4 Å². The van der Waals surface area contributed by atoms with Gasteiger partial charge in [-0.2, -0.15) is 4.98 Å². The Labute approximate surface area is 157 Å². The molecule has 6 heteroatoms. The molecule has 0 aliphatic heterocycles. The van der Waals surface area contributed by atoms with Crippen molar-refractivity contribution in [3.63, 3.8) is 0 Å². The van der Waals surface area contributed by atoms with E-state index in [1.54, 1.807) is 30.3 Å². The van der Waals surface area contributed by atoms with Gasteiger partial charge in [-0.3, -0.25) is 4.79 Å². The van der Waals surface area contributed by atoms with Crippen molar-refractivity contribution in [2.45, 2.75) is 13.8 Å². The summed E-state index contributed by atoms with van der Waals surface area (Å²) in [7, 11) is 0. The molecule has 1 N–H and O–H groups in total. The topological polar surface area (TPSA) is 64.1 Å². The summed E-state index contributed by atoms with van der Waals surface area (Å²) >= 11 is 6.03. The summed E-state index contributed by atoms with van der Waals surface area (Å²) in [5, 5.41) is 3.18. The number of ether oxygens (including phenoxy) is 1. The Balaban J connectivity index is 1.69. The van der Waals surface area contributed by atoms with Gasteiger partial charge in [0.25, 0.3) is 5.91 Å². The maximum atomic E-state index is 12.1. The van der Waals surface area contributed by atoms with Crippen molar-refractivity contribution in [3.8, 4) is 17.3 Å². The van der Waals surface area contributed by atoms with Gasteiger partial charge in [0, 0.05) is 17.3 Å². The molecular weight excluding hydrogens is 350 g/mol. The highest BCUT2D eigenvalue weighted by molar-refractivity contribution is 6.33. The Morgan fingerprint density at radius 2 is 1.81 bits per heavy atom. The number of aryl methyl sites for hydroxylation is 2. The molecule has 1 amide bonds. The molecule has 0 radical (unpaired) electrons. The molecule has 0 unspecified atom stereocenters. The van der Waals surface area contributed by atoms with Crippen LogP contribution in [0.15, 0.2) is 54.6 Å². The molecular formula is C20H18ClN3O2. The van der Waals surface area contributed by atoms with Gasteiger partial charge in [-0.25, -0.2) is 4.98 Å². The van der Waals surface area contributed by atoms with E-state index in [0.717, 1.165) is 16.8 Å². The van der Waals surface area contributed by atoms with Crippen molar-refractivity contribution in [2.24, 2.45) is 0 Å².